The summed E-state index contributed by atoms with van der Waals surface area (Å²) in [6, 6.07) is -2.67. The lowest BCUT2D eigenvalue weighted by molar-refractivity contribution is -0.407. The largest absolute Gasteiger partial charge is 0.462 e. The molecule has 1 atom stereocenters. The van der Waals surface area contributed by atoms with Gasteiger partial charge in [0.15, 0.2) is 6.04 Å². The van der Waals surface area contributed by atoms with Crippen molar-refractivity contribution >= 4 is 5.97 Å². The lowest BCUT2D eigenvalue weighted by Gasteiger charge is -2.07. The Morgan fingerprint density at radius 1 is 1.57 bits per heavy atom. The fraction of sp³-hybridized carbons (Fsp3) is 0.364. The fourth-order valence-electron chi connectivity index (χ4n) is 0.968. The van der Waals surface area contributed by atoms with Crippen LogP contribution in [0.1, 0.15) is 19.3 Å². The van der Waals surface area contributed by atoms with Gasteiger partial charge in [-0.15, -0.1) is 0 Å². The number of esters is 1. The van der Waals surface area contributed by atoms with Crippen LogP contribution < -0.4 is 5.73 Å². The number of quaternary nitrogens is 1. The first-order valence-electron chi connectivity index (χ1n) is 6.86. The maximum atomic E-state index is 11.5. The van der Waals surface area contributed by atoms with Crippen molar-refractivity contribution in [1.29, 1.82) is 0 Å². The highest BCUT2D eigenvalue weighted by Crippen LogP contribution is 2.01. The standard InChI is InChI=1S/C11H15NO2/c1-2-14-11(13)10(12)8-9-6-4-3-5-7-9/h3-7,10H,2,8,12H2,1H3/p+1/t10-/m0/s1/i3D,4D,5D,6D,7D. The monoisotopic (exact) mass is 199 g/mol. The molecule has 0 bridgehead atoms. The van der Waals surface area contributed by atoms with Crippen LogP contribution in [-0.2, 0) is 16.0 Å². The zero-order chi connectivity index (χ0) is 14.7. The van der Waals surface area contributed by atoms with Gasteiger partial charge < -0.3 is 10.5 Å². The van der Waals surface area contributed by atoms with E-state index in [1.165, 1.54) is 0 Å². The van der Waals surface area contributed by atoms with Gasteiger partial charge in [0, 0.05) is 6.42 Å². The minimum Gasteiger partial charge on any atom is -0.462 e. The molecular formula is C11H16NO2+. The van der Waals surface area contributed by atoms with Crippen LogP contribution in [0.5, 0.6) is 0 Å². The highest BCUT2D eigenvalue weighted by Gasteiger charge is 2.18. The third-order valence-corrected chi connectivity index (χ3v) is 1.62. The van der Waals surface area contributed by atoms with Crippen molar-refractivity contribution in [3.63, 3.8) is 0 Å². The second kappa shape index (κ2) is 5.40. The Balaban J connectivity index is 3.12. The summed E-state index contributed by atoms with van der Waals surface area (Å²) in [6.07, 6.45) is -0.0471. The molecule has 76 valence electrons. The molecule has 0 heterocycles. The highest BCUT2D eigenvalue weighted by atomic mass is 16.5. The first kappa shape index (κ1) is 5.51. The molecule has 0 spiro atoms. The normalized spacial score (nSPS) is 17.1. The van der Waals surface area contributed by atoms with Gasteiger partial charge in [-0.1, -0.05) is 30.2 Å². The lowest BCUT2D eigenvalue weighted by atomic mass is 10.1. The van der Waals surface area contributed by atoms with E-state index in [1.54, 1.807) is 6.92 Å². The molecular weight excluding hydrogens is 178 g/mol. The zero-order valence-corrected chi connectivity index (χ0v) is 8.02. The van der Waals surface area contributed by atoms with E-state index in [2.05, 4.69) is 5.73 Å². The molecule has 14 heavy (non-hydrogen) atoms. The summed E-state index contributed by atoms with van der Waals surface area (Å²) >= 11 is 0. The van der Waals surface area contributed by atoms with E-state index < -0.39 is 30.1 Å². The number of rotatable bonds is 4. The van der Waals surface area contributed by atoms with Gasteiger partial charge >= 0.3 is 5.97 Å². The molecule has 3 heteroatoms. The molecule has 0 aromatic heterocycles. The Labute approximate surface area is 90.9 Å². The van der Waals surface area contributed by atoms with E-state index in [1.807, 2.05) is 0 Å². The minimum atomic E-state index is -0.802. The quantitative estimate of drug-likeness (QED) is 0.714. The molecule has 0 fully saturated rings. The molecule has 0 saturated heterocycles. The van der Waals surface area contributed by atoms with Crippen LogP contribution in [0.3, 0.4) is 0 Å². The minimum absolute atomic E-state index is 0.0471. The molecule has 0 saturated carbocycles. The van der Waals surface area contributed by atoms with Crippen LogP contribution in [0.15, 0.2) is 30.2 Å². The number of carbonyl (C=O) groups excluding carboxylic acids is 1. The Hall–Kier alpha value is -1.35. The topological polar surface area (TPSA) is 53.9 Å². The lowest BCUT2D eigenvalue weighted by Crippen LogP contribution is -2.66. The molecule has 0 aliphatic heterocycles. The highest BCUT2D eigenvalue weighted by molar-refractivity contribution is 5.74. The number of carbonyl (C=O) groups is 1. The molecule has 0 amide bonds. The summed E-state index contributed by atoms with van der Waals surface area (Å²) in [7, 11) is 0. The fourth-order valence-corrected chi connectivity index (χ4v) is 0.968. The number of benzene rings is 1. The van der Waals surface area contributed by atoms with Gasteiger partial charge in [-0.25, -0.2) is 4.79 Å². The van der Waals surface area contributed by atoms with Crippen molar-refractivity contribution in [3.8, 4) is 0 Å². The summed E-state index contributed by atoms with van der Waals surface area (Å²) in [5.74, 6) is -0.547. The zero-order valence-electron chi connectivity index (χ0n) is 13.0. The summed E-state index contributed by atoms with van der Waals surface area (Å²) in [5.41, 5.74) is 3.69. The summed E-state index contributed by atoms with van der Waals surface area (Å²) in [6.45, 7) is 1.88. The van der Waals surface area contributed by atoms with Crippen molar-refractivity contribution < 1.29 is 22.1 Å². The van der Waals surface area contributed by atoms with Gasteiger partial charge in [0.05, 0.1) is 13.5 Å². The molecule has 0 aliphatic carbocycles. The third kappa shape index (κ3) is 3.18. The maximum absolute atomic E-state index is 11.5. The molecule has 3 nitrogen and oxygen atoms in total. The van der Waals surface area contributed by atoms with Crippen LogP contribution in [0, 0.1) is 0 Å². The third-order valence-electron chi connectivity index (χ3n) is 1.62. The summed E-state index contributed by atoms with van der Waals surface area (Å²) < 4.78 is 42.7. The predicted molar refractivity (Wildman–Crippen MR) is 53.5 cm³/mol. The van der Waals surface area contributed by atoms with Gasteiger partial charge in [-0.2, -0.15) is 0 Å². The van der Waals surface area contributed by atoms with E-state index in [-0.39, 0.29) is 30.7 Å². The molecule has 1 rings (SSSR count). The Morgan fingerprint density at radius 3 is 2.79 bits per heavy atom. The van der Waals surface area contributed by atoms with Crippen molar-refractivity contribution in [2.45, 2.75) is 19.4 Å². The van der Waals surface area contributed by atoms with Crippen molar-refractivity contribution in [2.24, 2.45) is 0 Å². The van der Waals surface area contributed by atoms with Gasteiger partial charge in [-0.3, -0.25) is 0 Å². The number of ether oxygens (including phenoxy) is 1. The maximum Gasteiger partial charge on any atom is 0.365 e. The van der Waals surface area contributed by atoms with Crippen LogP contribution >= 0.6 is 0 Å². The van der Waals surface area contributed by atoms with Crippen LogP contribution in [0.4, 0.5) is 0 Å². The Kier molecular flexibility index (Phi) is 2.12. The Bertz CT molecular complexity index is 477. The molecule has 0 radical (unpaired) electrons. The molecule has 1 aromatic carbocycles. The van der Waals surface area contributed by atoms with E-state index in [0.717, 1.165) is 0 Å². The smallest absolute Gasteiger partial charge is 0.365 e. The first-order chi connectivity index (χ1) is 8.81. The predicted octanol–water partition coefficient (Wildman–Crippen LogP) is 0.403. The average Bonchev–Trinajstić information content (AvgIpc) is 2.39. The average molecular weight is 199 g/mol. The van der Waals surface area contributed by atoms with Gasteiger partial charge in [0.25, 0.3) is 0 Å². The second-order valence-corrected chi connectivity index (χ2v) is 2.76. The van der Waals surface area contributed by atoms with Gasteiger partial charge in [-0.05, 0) is 12.5 Å². The molecule has 1 aromatic rings. The Morgan fingerprint density at radius 2 is 2.21 bits per heavy atom. The van der Waals surface area contributed by atoms with E-state index in [0.29, 0.717) is 0 Å². The molecule has 0 unspecified atom stereocenters. The number of hydrogen-bond acceptors (Lipinski definition) is 2. The van der Waals surface area contributed by atoms with E-state index in [9.17, 15) is 4.79 Å². The van der Waals surface area contributed by atoms with Crippen LogP contribution in [0.2, 0.25) is 0 Å². The number of hydrogen-bond donors (Lipinski definition) is 1. The SMILES string of the molecule is [2H]c1c([2H])c([2H])c(C[C@H]([NH3+])C(=O)OCC)c([2H])c1[2H]. The summed E-state index contributed by atoms with van der Waals surface area (Å²) in [5, 5.41) is 0. The molecule has 3 N–H and O–H groups in total. The van der Waals surface area contributed by atoms with Crippen molar-refractivity contribution in [1.82, 2.24) is 0 Å². The van der Waals surface area contributed by atoms with Crippen LogP contribution in [-0.4, -0.2) is 18.6 Å². The van der Waals surface area contributed by atoms with Crippen molar-refractivity contribution in [2.75, 3.05) is 6.61 Å². The van der Waals surface area contributed by atoms with E-state index in [4.69, 9.17) is 11.6 Å². The van der Waals surface area contributed by atoms with Crippen molar-refractivity contribution in [3.05, 3.63) is 35.8 Å². The second-order valence-electron chi connectivity index (χ2n) is 2.76. The van der Waals surface area contributed by atoms with Gasteiger partial charge in [0.1, 0.15) is 0 Å². The summed E-state index contributed by atoms with van der Waals surface area (Å²) in [4.78, 5) is 11.5. The van der Waals surface area contributed by atoms with E-state index >= 15 is 0 Å². The molecule has 0 aliphatic rings. The van der Waals surface area contributed by atoms with Crippen LogP contribution in [0.25, 0.3) is 0 Å². The van der Waals surface area contributed by atoms with Gasteiger partial charge in [0.2, 0.25) is 0 Å². The first-order valence-corrected chi connectivity index (χ1v) is 4.36.